The number of aliphatic imine (C=N–C) groups is 1. The largest absolute Gasteiger partial charge is 0.493 e. The molecule has 0 radical (unpaired) electrons. The normalized spacial score (nSPS) is 15.0. The van der Waals surface area contributed by atoms with E-state index < -0.39 is 0 Å². The van der Waals surface area contributed by atoms with E-state index in [1.807, 2.05) is 6.07 Å². The van der Waals surface area contributed by atoms with E-state index in [0.717, 1.165) is 16.3 Å². The molecule has 0 bridgehead atoms. The van der Waals surface area contributed by atoms with Gasteiger partial charge in [-0.3, -0.25) is 4.57 Å². The van der Waals surface area contributed by atoms with Crippen molar-refractivity contribution in [2.24, 2.45) is 12.0 Å². The SMILES string of the molecule is CC(C)Sc1nc(/C=C2/C=Nc3ncc(Cl)cc32)c(O)n1C. The first kappa shape index (κ1) is 15.1. The van der Waals surface area contributed by atoms with Gasteiger partial charge in [-0.1, -0.05) is 37.2 Å². The maximum Gasteiger partial charge on any atom is 0.219 e. The zero-order chi connectivity index (χ0) is 15.9. The highest BCUT2D eigenvalue weighted by Gasteiger charge is 2.18. The molecule has 22 heavy (non-hydrogen) atoms. The fourth-order valence-corrected chi connectivity index (χ4v) is 3.09. The van der Waals surface area contributed by atoms with E-state index in [2.05, 4.69) is 28.8 Å². The standard InChI is InChI=1S/C15H15ClN4OS/c1-8(2)22-15-19-12(14(21)20(15)3)4-9-6-17-13-11(9)5-10(16)7-18-13/h4-8,21H,1-3H3/b9-4-. The van der Waals surface area contributed by atoms with Gasteiger partial charge in [0, 0.05) is 35.8 Å². The Balaban J connectivity index is 2.01. The van der Waals surface area contributed by atoms with E-state index in [1.165, 1.54) is 0 Å². The van der Waals surface area contributed by atoms with Gasteiger partial charge < -0.3 is 5.11 Å². The number of pyridine rings is 1. The quantitative estimate of drug-likeness (QED) is 0.864. The molecular formula is C15H15ClN4OS. The molecule has 0 amide bonds. The first-order chi connectivity index (χ1) is 10.5. The van der Waals surface area contributed by atoms with Crippen LogP contribution in [0.4, 0.5) is 5.82 Å². The lowest BCUT2D eigenvalue weighted by Gasteiger charge is -2.03. The summed E-state index contributed by atoms with van der Waals surface area (Å²) >= 11 is 7.59. The van der Waals surface area contributed by atoms with Crippen molar-refractivity contribution in [2.75, 3.05) is 0 Å². The van der Waals surface area contributed by atoms with Gasteiger partial charge in [0.1, 0.15) is 5.69 Å². The first-order valence-electron chi connectivity index (χ1n) is 6.79. The molecule has 2 aromatic heterocycles. The number of imidazole rings is 1. The number of hydrogen-bond acceptors (Lipinski definition) is 5. The molecule has 0 saturated heterocycles. The Kier molecular flexibility index (Phi) is 3.97. The van der Waals surface area contributed by atoms with Gasteiger partial charge in [-0.2, -0.15) is 0 Å². The summed E-state index contributed by atoms with van der Waals surface area (Å²) in [5.74, 6) is 0.760. The maximum absolute atomic E-state index is 10.3. The smallest absolute Gasteiger partial charge is 0.219 e. The Morgan fingerprint density at radius 2 is 2.18 bits per heavy atom. The number of aromatic nitrogens is 3. The van der Waals surface area contributed by atoms with Crippen molar-refractivity contribution in [1.82, 2.24) is 14.5 Å². The van der Waals surface area contributed by atoms with E-state index >= 15 is 0 Å². The Hall–Kier alpha value is -1.79. The van der Waals surface area contributed by atoms with E-state index in [1.54, 1.807) is 41.9 Å². The summed E-state index contributed by atoms with van der Waals surface area (Å²) in [7, 11) is 1.80. The predicted molar refractivity (Wildman–Crippen MR) is 91.1 cm³/mol. The van der Waals surface area contributed by atoms with E-state index in [4.69, 9.17) is 11.6 Å². The molecule has 0 atom stereocenters. The van der Waals surface area contributed by atoms with Crippen LogP contribution in [-0.2, 0) is 7.05 Å². The highest BCUT2D eigenvalue weighted by molar-refractivity contribution is 7.99. The fourth-order valence-electron chi connectivity index (χ4n) is 2.11. The number of allylic oxidation sites excluding steroid dienone is 1. The van der Waals surface area contributed by atoms with Crippen LogP contribution in [0.15, 0.2) is 22.4 Å². The average Bonchev–Trinajstić information content (AvgIpc) is 2.96. The number of rotatable bonds is 3. The topological polar surface area (TPSA) is 63.3 Å². The van der Waals surface area contributed by atoms with Gasteiger partial charge in [-0.05, 0) is 12.1 Å². The number of hydrogen-bond donors (Lipinski definition) is 1. The molecule has 5 nitrogen and oxygen atoms in total. The second kappa shape index (κ2) is 5.78. The zero-order valence-electron chi connectivity index (χ0n) is 12.4. The van der Waals surface area contributed by atoms with Crippen LogP contribution in [0, 0.1) is 0 Å². The van der Waals surface area contributed by atoms with Crippen molar-refractivity contribution >= 4 is 47.0 Å². The molecule has 114 valence electrons. The van der Waals surface area contributed by atoms with Gasteiger partial charge in [0.25, 0.3) is 0 Å². The number of fused-ring (bicyclic) bond motifs is 1. The Morgan fingerprint density at radius 1 is 1.41 bits per heavy atom. The molecule has 0 aliphatic carbocycles. The van der Waals surface area contributed by atoms with E-state index in [9.17, 15) is 5.11 Å². The third-order valence-corrected chi connectivity index (χ3v) is 4.41. The minimum atomic E-state index is 0.132. The summed E-state index contributed by atoms with van der Waals surface area (Å²) in [5, 5.41) is 12.0. The number of halogens is 1. The molecule has 3 rings (SSSR count). The first-order valence-corrected chi connectivity index (χ1v) is 8.05. The summed E-state index contributed by atoms with van der Waals surface area (Å²) in [5.41, 5.74) is 2.19. The van der Waals surface area contributed by atoms with Crippen molar-refractivity contribution < 1.29 is 5.11 Å². The molecule has 3 heterocycles. The molecular weight excluding hydrogens is 320 g/mol. The van der Waals surface area contributed by atoms with Crippen LogP contribution < -0.4 is 0 Å². The average molecular weight is 335 g/mol. The van der Waals surface area contributed by atoms with Gasteiger partial charge in [0.15, 0.2) is 11.0 Å². The second-order valence-corrected chi connectivity index (χ2v) is 7.19. The second-order valence-electron chi connectivity index (χ2n) is 5.21. The molecule has 0 spiro atoms. The fraction of sp³-hybridized carbons (Fsp3) is 0.267. The zero-order valence-corrected chi connectivity index (χ0v) is 14.0. The van der Waals surface area contributed by atoms with Crippen molar-refractivity contribution in [3.63, 3.8) is 0 Å². The highest BCUT2D eigenvalue weighted by Crippen LogP contribution is 2.35. The van der Waals surface area contributed by atoms with Crippen LogP contribution in [0.1, 0.15) is 25.1 Å². The maximum atomic E-state index is 10.3. The molecule has 0 aromatic carbocycles. The van der Waals surface area contributed by atoms with Crippen LogP contribution >= 0.6 is 23.4 Å². The number of aromatic hydroxyl groups is 1. The number of nitrogens with zero attached hydrogens (tertiary/aromatic N) is 4. The highest BCUT2D eigenvalue weighted by atomic mass is 35.5. The van der Waals surface area contributed by atoms with Crippen LogP contribution in [0.25, 0.3) is 11.6 Å². The molecule has 0 saturated carbocycles. The Bertz CT molecular complexity index is 795. The van der Waals surface area contributed by atoms with Crippen molar-refractivity contribution in [3.05, 3.63) is 28.5 Å². The third-order valence-electron chi connectivity index (χ3n) is 3.15. The van der Waals surface area contributed by atoms with Gasteiger partial charge in [0.2, 0.25) is 5.88 Å². The van der Waals surface area contributed by atoms with Gasteiger partial charge in [0.05, 0.1) is 5.02 Å². The molecule has 7 heteroatoms. The third kappa shape index (κ3) is 2.76. The lowest BCUT2D eigenvalue weighted by atomic mass is 10.1. The van der Waals surface area contributed by atoms with Gasteiger partial charge >= 0.3 is 0 Å². The lowest BCUT2D eigenvalue weighted by molar-refractivity contribution is 0.424. The van der Waals surface area contributed by atoms with E-state index in [-0.39, 0.29) is 5.88 Å². The Morgan fingerprint density at radius 3 is 2.91 bits per heavy atom. The van der Waals surface area contributed by atoms with Crippen LogP contribution in [0.5, 0.6) is 5.88 Å². The van der Waals surface area contributed by atoms with Crippen LogP contribution in [0.3, 0.4) is 0 Å². The minimum absolute atomic E-state index is 0.132. The molecule has 0 unspecified atom stereocenters. The molecule has 0 fully saturated rings. The summed E-state index contributed by atoms with van der Waals surface area (Å²) < 4.78 is 1.68. The van der Waals surface area contributed by atoms with Crippen LogP contribution in [0.2, 0.25) is 5.02 Å². The molecule has 1 aliphatic rings. The van der Waals surface area contributed by atoms with Gasteiger partial charge in [-0.25, -0.2) is 15.0 Å². The van der Waals surface area contributed by atoms with Crippen molar-refractivity contribution in [1.29, 1.82) is 0 Å². The summed E-state index contributed by atoms with van der Waals surface area (Å²) in [6.07, 6.45) is 5.07. The van der Waals surface area contributed by atoms with E-state index in [0.29, 0.717) is 21.8 Å². The summed E-state index contributed by atoms with van der Waals surface area (Å²) in [6, 6.07) is 1.81. The summed E-state index contributed by atoms with van der Waals surface area (Å²) in [4.78, 5) is 12.9. The molecule has 2 aromatic rings. The lowest BCUT2D eigenvalue weighted by Crippen LogP contribution is -1.94. The van der Waals surface area contributed by atoms with Crippen LogP contribution in [-0.4, -0.2) is 31.1 Å². The molecule has 1 aliphatic heterocycles. The monoisotopic (exact) mass is 334 g/mol. The van der Waals surface area contributed by atoms with Crippen molar-refractivity contribution in [2.45, 2.75) is 24.3 Å². The summed E-state index contributed by atoms with van der Waals surface area (Å²) in [6.45, 7) is 4.17. The predicted octanol–water partition coefficient (Wildman–Crippen LogP) is 3.93. The Labute approximate surface area is 137 Å². The number of thioether (sulfide) groups is 1. The van der Waals surface area contributed by atoms with Crippen molar-refractivity contribution in [3.8, 4) is 5.88 Å². The van der Waals surface area contributed by atoms with Gasteiger partial charge in [-0.15, -0.1) is 0 Å². The molecule has 1 N–H and O–H groups in total. The minimum Gasteiger partial charge on any atom is -0.493 e.